The first-order valence-electron chi connectivity index (χ1n) is 12.9. The highest BCUT2D eigenvalue weighted by atomic mass is 16.5. The molecule has 2 aliphatic heterocycles. The van der Waals surface area contributed by atoms with Crippen LogP contribution in [0.4, 0.5) is 11.4 Å². The lowest BCUT2D eigenvalue weighted by atomic mass is 10.0. The van der Waals surface area contributed by atoms with Gasteiger partial charge >= 0.3 is 0 Å². The quantitative estimate of drug-likeness (QED) is 0.510. The van der Waals surface area contributed by atoms with Gasteiger partial charge in [0.1, 0.15) is 6.07 Å². The smallest absolute Gasteiger partial charge is 0.257 e. The molecular weight excluding hydrogens is 482 g/mol. The van der Waals surface area contributed by atoms with Crippen molar-refractivity contribution in [2.75, 3.05) is 63.8 Å². The number of benzene rings is 2. The molecule has 198 valence electrons. The van der Waals surface area contributed by atoms with E-state index in [2.05, 4.69) is 21.2 Å². The summed E-state index contributed by atoms with van der Waals surface area (Å²) < 4.78 is 18.0. The number of ether oxygens (including phenoxy) is 3. The zero-order chi connectivity index (χ0) is 26.5. The van der Waals surface area contributed by atoms with Crippen LogP contribution >= 0.6 is 0 Å². The van der Waals surface area contributed by atoms with E-state index in [4.69, 9.17) is 14.2 Å². The number of hydrogen-bond donors (Lipinski definition) is 1. The molecule has 3 heterocycles. The van der Waals surface area contributed by atoms with Crippen molar-refractivity contribution in [2.45, 2.75) is 18.9 Å². The van der Waals surface area contributed by atoms with Gasteiger partial charge in [-0.15, -0.1) is 0 Å². The number of carbonyl (C=O) groups excluding carboxylic acids is 1. The van der Waals surface area contributed by atoms with Crippen LogP contribution in [0, 0.1) is 11.3 Å². The predicted octanol–water partition coefficient (Wildman–Crippen LogP) is 3.92. The third-order valence-corrected chi connectivity index (χ3v) is 7.36. The van der Waals surface area contributed by atoms with Gasteiger partial charge in [0.2, 0.25) is 0 Å². The number of amides is 1. The molecule has 2 saturated heterocycles. The monoisotopic (exact) mass is 515 g/mol. The second kappa shape index (κ2) is 11.6. The lowest BCUT2D eigenvalue weighted by Gasteiger charge is -2.41. The third kappa shape index (κ3) is 5.47. The highest BCUT2D eigenvalue weighted by Gasteiger charge is 2.27. The number of carbonyl (C=O) groups is 1. The Kier molecular flexibility index (Phi) is 7.82. The van der Waals surface area contributed by atoms with E-state index in [1.807, 2.05) is 41.1 Å². The van der Waals surface area contributed by atoms with Crippen molar-refractivity contribution in [3.63, 3.8) is 0 Å². The van der Waals surface area contributed by atoms with Crippen molar-refractivity contribution >= 4 is 17.3 Å². The minimum absolute atomic E-state index is 0.243. The van der Waals surface area contributed by atoms with Gasteiger partial charge in [0.25, 0.3) is 5.91 Å². The minimum Gasteiger partial charge on any atom is -0.493 e. The molecule has 38 heavy (non-hydrogen) atoms. The molecule has 0 radical (unpaired) electrons. The van der Waals surface area contributed by atoms with Gasteiger partial charge in [-0.2, -0.15) is 5.26 Å². The summed E-state index contributed by atoms with van der Waals surface area (Å²) in [6, 6.07) is 15.8. The normalized spacial score (nSPS) is 16.6. The van der Waals surface area contributed by atoms with Crippen molar-refractivity contribution in [1.82, 2.24) is 9.47 Å². The fourth-order valence-electron chi connectivity index (χ4n) is 5.27. The number of anilines is 2. The Bertz CT molecular complexity index is 1320. The molecule has 9 heteroatoms. The van der Waals surface area contributed by atoms with Crippen molar-refractivity contribution in [3.8, 4) is 23.3 Å². The molecule has 3 aromatic rings. The van der Waals surface area contributed by atoms with E-state index in [0.29, 0.717) is 34.4 Å². The zero-order valence-corrected chi connectivity index (χ0v) is 21.9. The number of nitriles is 1. The van der Waals surface area contributed by atoms with E-state index < -0.39 is 0 Å². The molecule has 1 aromatic heterocycles. The van der Waals surface area contributed by atoms with Gasteiger partial charge in [0.05, 0.1) is 44.2 Å². The summed E-state index contributed by atoms with van der Waals surface area (Å²) in [5.74, 6) is 1.01. The average molecular weight is 516 g/mol. The maximum absolute atomic E-state index is 13.0. The Labute approximate surface area is 223 Å². The summed E-state index contributed by atoms with van der Waals surface area (Å²) in [4.78, 5) is 17.8. The summed E-state index contributed by atoms with van der Waals surface area (Å²) in [6.07, 6.45) is 5.72. The van der Waals surface area contributed by atoms with Crippen LogP contribution in [0.15, 0.2) is 54.9 Å². The molecule has 9 nitrogen and oxygen atoms in total. The standard InChI is InChI=1S/C29H33N5O4/c1-36-27-6-4-25(18-28(27)37-2)34-10-7-21(20-34)29(35)31-23-3-5-26(22(17-23)19-30)33-11-8-24(9-12-33)32-13-15-38-16-14-32/h3-7,10,17-18,20,24H,8-9,11-16H2,1-2H3,(H,31,35). The number of piperidine rings is 1. The van der Waals surface area contributed by atoms with E-state index >= 15 is 0 Å². The maximum atomic E-state index is 13.0. The van der Waals surface area contributed by atoms with Crippen LogP contribution in [0.5, 0.6) is 11.5 Å². The number of methoxy groups -OCH3 is 2. The van der Waals surface area contributed by atoms with Crippen LogP contribution in [0.1, 0.15) is 28.8 Å². The Morgan fingerprint density at radius 2 is 1.76 bits per heavy atom. The lowest BCUT2D eigenvalue weighted by molar-refractivity contribution is 0.0115. The van der Waals surface area contributed by atoms with Crippen LogP contribution < -0.4 is 19.7 Å². The van der Waals surface area contributed by atoms with E-state index in [9.17, 15) is 10.1 Å². The Hall–Kier alpha value is -4.00. The summed E-state index contributed by atoms with van der Waals surface area (Å²) >= 11 is 0. The van der Waals surface area contributed by atoms with E-state index in [0.717, 1.165) is 63.6 Å². The molecule has 0 aliphatic carbocycles. The largest absolute Gasteiger partial charge is 0.493 e. The third-order valence-electron chi connectivity index (χ3n) is 7.36. The maximum Gasteiger partial charge on any atom is 0.257 e. The second-order valence-corrected chi connectivity index (χ2v) is 9.51. The molecule has 1 N–H and O–H groups in total. The number of morpholine rings is 1. The average Bonchev–Trinajstić information content (AvgIpc) is 3.48. The molecular formula is C29H33N5O4. The van der Waals surface area contributed by atoms with E-state index in [1.165, 1.54) is 0 Å². The van der Waals surface area contributed by atoms with Gasteiger partial charge in [-0.1, -0.05) is 0 Å². The van der Waals surface area contributed by atoms with Crippen LogP contribution in [0.2, 0.25) is 0 Å². The Balaban J connectivity index is 1.24. The zero-order valence-electron chi connectivity index (χ0n) is 21.9. The molecule has 2 aromatic carbocycles. The summed E-state index contributed by atoms with van der Waals surface area (Å²) in [6.45, 7) is 5.44. The van der Waals surface area contributed by atoms with E-state index in [1.54, 1.807) is 32.5 Å². The molecule has 0 saturated carbocycles. The number of nitrogens with one attached hydrogen (secondary N) is 1. The molecule has 0 bridgehead atoms. The molecule has 2 aliphatic rings. The van der Waals surface area contributed by atoms with Crippen molar-refractivity contribution < 1.29 is 19.0 Å². The molecule has 1 amide bonds. The SMILES string of the molecule is COc1ccc(-n2ccc(C(=O)Nc3ccc(N4CCC(N5CCOCC5)CC4)c(C#N)c3)c2)cc1OC. The van der Waals surface area contributed by atoms with Gasteiger partial charge in [-0.25, -0.2) is 0 Å². The summed E-state index contributed by atoms with van der Waals surface area (Å²) in [5, 5.41) is 12.8. The molecule has 5 rings (SSSR count). The molecule has 0 atom stereocenters. The van der Waals surface area contributed by atoms with Crippen molar-refractivity contribution in [1.29, 1.82) is 5.26 Å². The van der Waals surface area contributed by atoms with E-state index in [-0.39, 0.29) is 5.91 Å². The van der Waals surface area contributed by atoms with Gasteiger partial charge in [-0.05, 0) is 49.2 Å². The van der Waals surface area contributed by atoms with Gasteiger partial charge in [0, 0.05) is 62.1 Å². The number of rotatable bonds is 7. The van der Waals surface area contributed by atoms with Crippen LogP contribution in [0.25, 0.3) is 5.69 Å². The van der Waals surface area contributed by atoms with Gasteiger partial charge < -0.3 is 29.0 Å². The predicted molar refractivity (Wildman–Crippen MR) is 146 cm³/mol. The first-order valence-corrected chi connectivity index (χ1v) is 12.9. The first-order chi connectivity index (χ1) is 18.6. The van der Waals surface area contributed by atoms with Crippen LogP contribution in [0.3, 0.4) is 0 Å². The topological polar surface area (TPSA) is 92.0 Å². The number of hydrogen-bond acceptors (Lipinski definition) is 7. The summed E-state index contributed by atoms with van der Waals surface area (Å²) in [7, 11) is 3.18. The first kappa shape index (κ1) is 25.6. The highest BCUT2D eigenvalue weighted by molar-refractivity contribution is 6.04. The van der Waals surface area contributed by atoms with Gasteiger partial charge in [-0.3, -0.25) is 9.69 Å². The highest BCUT2D eigenvalue weighted by Crippen LogP contribution is 2.30. The van der Waals surface area contributed by atoms with Crippen LogP contribution in [-0.4, -0.2) is 75.0 Å². The van der Waals surface area contributed by atoms with Gasteiger partial charge in [0.15, 0.2) is 11.5 Å². The van der Waals surface area contributed by atoms with Crippen LogP contribution in [-0.2, 0) is 4.74 Å². The summed E-state index contributed by atoms with van der Waals surface area (Å²) in [5.41, 5.74) is 3.43. The Morgan fingerprint density at radius 3 is 2.47 bits per heavy atom. The van der Waals surface area contributed by atoms with Crippen molar-refractivity contribution in [3.05, 3.63) is 66.0 Å². The Morgan fingerprint density at radius 1 is 1.00 bits per heavy atom. The molecule has 0 unspecified atom stereocenters. The second-order valence-electron chi connectivity index (χ2n) is 9.51. The fraction of sp³-hybridized carbons (Fsp3) is 0.379. The minimum atomic E-state index is -0.243. The fourth-order valence-corrected chi connectivity index (χ4v) is 5.27. The molecule has 0 spiro atoms. The number of aromatic nitrogens is 1. The van der Waals surface area contributed by atoms with Crippen molar-refractivity contribution in [2.24, 2.45) is 0 Å². The molecule has 2 fully saturated rings. The number of nitrogens with zero attached hydrogens (tertiary/aromatic N) is 4. The lowest BCUT2D eigenvalue weighted by Crippen LogP contribution is -2.49.